The third-order valence-corrected chi connectivity index (χ3v) is 7.06. The van der Waals surface area contributed by atoms with Gasteiger partial charge < -0.3 is 15.4 Å². The first-order valence-electron chi connectivity index (χ1n) is 10.4. The van der Waals surface area contributed by atoms with Gasteiger partial charge in [0.2, 0.25) is 0 Å². The molecule has 0 unspecified atom stereocenters. The zero-order chi connectivity index (χ0) is 20.3. The molecule has 7 heteroatoms. The number of hydrogen-bond donors (Lipinski definition) is 2. The van der Waals surface area contributed by atoms with Gasteiger partial charge in [0.05, 0.1) is 10.6 Å². The molecule has 2 rings (SSSR count). The number of sulfone groups is 1. The van der Waals surface area contributed by atoms with Gasteiger partial charge in [-0.15, -0.1) is 0 Å². The van der Waals surface area contributed by atoms with E-state index in [0.29, 0.717) is 17.4 Å². The van der Waals surface area contributed by atoms with Gasteiger partial charge in [-0.25, -0.2) is 8.42 Å². The molecule has 1 aromatic rings. The van der Waals surface area contributed by atoms with Crippen LogP contribution >= 0.6 is 0 Å². The van der Waals surface area contributed by atoms with Crippen molar-refractivity contribution in [3.63, 3.8) is 0 Å². The SMILES string of the molecule is CCNC(=NCC1(CCOCC)CCCC1)NCCS(=O)(=O)c1ccccc1. The van der Waals surface area contributed by atoms with Crippen LogP contribution in [0.4, 0.5) is 0 Å². The molecule has 0 heterocycles. The number of hydrogen-bond acceptors (Lipinski definition) is 4. The summed E-state index contributed by atoms with van der Waals surface area (Å²) in [6, 6.07) is 8.58. The molecule has 6 nitrogen and oxygen atoms in total. The van der Waals surface area contributed by atoms with E-state index in [2.05, 4.69) is 10.6 Å². The Morgan fingerprint density at radius 3 is 2.50 bits per heavy atom. The predicted molar refractivity (Wildman–Crippen MR) is 114 cm³/mol. The molecule has 0 saturated heterocycles. The maximum atomic E-state index is 12.4. The lowest BCUT2D eigenvalue weighted by Crippen LogP contribution is -2.40. The zero-order valence-electron chi connectivity index (χ0n) is 17.2. The lowest BCUT2D eigenvalue weighted by atomic mass is 9.83. The van der Waals surface area contributed by atoms with Gasteiger partial charge in [0.1, 0.15) is 0 Å². The summed E-state index contributed by atoms with van der Waals surface area (Å²) in [6.45, 7) is 7.39. The highest BCUT2D eigenvalue weighted by atomic mass is 32.2. The molecule has 0 atom stereocenters. The second-order valence-corrected chi connectivity index (χ2v) is 9.52. The second kappa shape index (κ2) is 11.4. The molecule has 0 radical (unpaired) electrons. The van der Waals surface area contributed by atoms with Crippen molar-refractivity contribution in [2.75, 3.05) is 38.6 Å². The molecule has 0 aliphatic heterocycles. The lowest BCUT2D eigenvalue weighted by Gasteiger charge is -2.27. The third kappa shape index (κ3) is 7.09. The van der Waals surface area contributed by atoms with Gasteiger partial charge >= 0.3 is 0 Å². The highest BCUT2D eigenvalue weighted by molar-refractivity contribution is 7.91. The molecule has 0 bridgehead atoms. The largest absolute Gasteiger partial charge is 0.382 e. The summed E-state index contributed by atoms with van der Waals surface area (Å²) >= 11 is 0. The van der Waals surface area contributed by atoms with Crippen LogP contribution in [0.2, 0.25) is 0 Å². The van der Waals surface area contributed by atoms with Crippen molar-refractivity contribution in [1.82, 2.24) is 10.6 Å². The van der Waals surface area contributed by atoms with Gasteiger partial charge in [0.25, 0.3) is 0 Å². The van der Waals surface area contributed by atoms with Gasteiger partial charge in [-0.2, -0.15) is 0 Å². The van der Waals surface area contributed by atoms with Crippen molar-refractivity contribution < 1.29 is 13.2 Å². The topological polar surface area (TPSA) is 79.8 Å². The Labute approximate surface area is 170 Å². The van der Waals surface area contributed by atoms with Crippen molar-refractivity contribution >= 4 is 15.8 Å². The van der Waals surface area contributed by atoms with Crippen LogP contribution < -0.4 is 10.6 Å². The lowest BCUT2D eigenvalue weighted by molar-refractivity contribution is 0.107. The number of ether oxygens (including phenoxy) is 1. The quantitative estimate of drug-likeness (QED) is 0.334. The number of nitrogens with zero attached hydrogens (tertiary/aromatic N) is 1. The van der Waals surface area contributed by atoms with Gasteiger partial charge in [-0.1, -0.05) is 31.0 Å². The molecule has 1 aliphatic rings. The van der Waals surface area contributed by atoms with Crippen LogP contribution in [0.15, 0.2) is 40.2 Å². The third-order valence-electron chi connectivity index (χ3n) is 5.33. The van der Waals surface area contributed by atoms with Crippen molar-refractivity contribution in [2.45, 2.75) is 50.8 Å². The van der Waals surface area contributed by atoms with Crippen LogP contribution in [0, 0.1) is 5.41 Å². The van der Waals surface area contributed by atoms with E-state index < -0.39 is 9.84 Å². The van der Waals surface area contributed by atoms with Crippen molar-refractivity contribution in [3.8, 4) is 0 Å². The van der Waals surface area contributed by atoms with Gasteiger partial charge in [0.15, 0.2) is 15.8 Å². The number of benzene rings is 1. The number of nitrogens with one attached hydrogen (secondary N) is 2. The van der Waals surface area contributed by atoms with E-state index in [1.165, 1.54) is 25.7 Å². The molecule has 28 heavy (non-hydrogen) atoms. The zero-order valence-corrected chi connectivity index (χ0v) is 18.1. The van der Waals surface area contributed by atoms with Crippen LogP contribution in [0.5, 0.6) is 0 Å². The second-order valence-electron chi connectivity index (χ2n) is 7.41. The van der Waals surface area contributed by atoms with Crippen LogP contribution in [-0.4, -0.2) is 53.0 Å². The molecule has 0 amide bonds. The predicted octanol–water partition coefficient (Wildman–Crippen LogP) is 3.00. The summed E-state index contributed by atoms with van der Waals surface area (Å²) in [7, 11) is -3.29. The Morgan fingerprint density at radius 2 is 1.86 bits per heavy atom. The Kier molecular flexibility index (Phi) is 9.25. The van der Waals surface area contributed by atoms with E-state index in [9.17, 15) is 8.42 Å². The Bertz CT molecular complexity index is 699. The number of guanidine groups is 1. The normalized spacial score (nSPS) is 16.9. The van der Waals surface area contributed by atoms with Crippen LogP contribution in [-0.2, 0) is 14.6 Å². The summed E-state index contributed by atoms with van der Waals surface area (Å²) in [5.41, 5.74) is 0.216. The fourth-order valence-electron chi connectivity index (χ4n) is 3.68. The highest BCUT2D eigenvalue weighted by Gasteiger charge is 2.33. The monoisotopic (exact) mass is 409 g/mol. The van der Waals surface area contributed by atoms with E-state index >= 15 is 0 Å². The average Bonchev–Trinajstić information content (AvgIpc) is 3.16. The maximum absolute atomic E-state index is 12.4. The molecule has 1 aromatic carbocycles. The van der Waals surface area contributed by atoms with Gasteiger partial charge in [0, 0.05) is 32.8 Å². The van der Waals surface area contributed by atoms with Gasteiger partial charge in [-0.05, 0) is 50.7 Å². The fourth-order valence-corrected chi connectivity index (χ4v) is 4.86. The molecule has 0 aromatic heterocycles. The minimum Gasteiger partial charge on any atom is -0.382 e. The Balaban J connectivity index is 1.92. The molecule has 158 valence electrons. The smallest absolute Gasteiger partial charge is 0.191 e. The maximum Gasteiger partial charge on any atom is 0.191 e. The molecule has 0 spiro atoms. The minimum absolute atomic E-state index is 0.0386. The van der Waals surface area contributed by atoms with Crippen LogP contribution in [0.3, 0.4) is 0 Å². The molecular formula is C21H35N3O3S. The molecule has 1 saturated carbocycles. The van der Waals surface area contributed by atoms with E-state index in [1.54, 1.807) is 24.3 Å². The highest BCUT2D eigenvalue weighted by Crippen LogP contribution is 2.41. The Morgan fingerprint density at radius 1 is 1.14 bits per heavy atom. The molecule has 1 aliphatic carbocycles. The van der Waals surface area contributed by atoms with Crippen LogP contribution in [0.1, 0.15) is 46.0 Å². The standard InChI is InChI=1S/C21H35N3O3S/c1-3-22-20(23-15-17-28(25,26)19-10-6-5-7-11-19)24-18-21(12-8-9-13-21)14-16-27-4-2/h5-7,10-11H,3-4,8-9,12-18H2,1-2H3,(H2,22,23,24). The van der Waals surface area contributed by atoms with Crippen molar-refractivity contribution in [3.05, 3.63) is 30.3 Å². The van der Waals surface area contributed by atoms with E-state index in [-0.39, 0.29) is 11.2 Å². The van der Waals surface area contributed by atoms with Crippen LogP contribution in [0.25, 0.3) is 0 Å². The summed E-state index contributed by atoms with van der Waals surface area (Å²) in [4.78, 5) is 5.14. The molecule has 2 N–H and O–H groups in total. The molecule has 1 fully saturated rings. The fraction of sp³-hybridized carbons (Fsp3) is 0.667. The first-order valence-corrected chi connectivity index (χ1v) is 12.0. The van der Waals surface area contributed by atoms with Crippen molar-refractivity contribution in [1.29, 1.82) is 0 Å². The number of aliphatic imine (C=N–C) groups is 1. The molecular weight excluding hydrogens is 374 g/mol. The first kappa shape index (κ1) is 22.7. The summed E-state index contributed by atoms with van der Waals surface area (Å²) in [5, 5.41) is 6.41. The average molecular weight is 410 g/mol. The van der Waals surface area contributed by atoms with Gasteiger partial charge in [-0.3, -0.25) is 4.99 Å². The number of rotatable bonds is 11. The summed E-state index contributed by atoms with van der Waals surface area (Å²) in [5.74, 6) is 0.727. The minimum atomic E-state index is -3.29. The van der Waals surface area contributed by atoms with E-state index in [1.807, 2.05) is 19.9 Å². The summed E-state index contributed by atoms with van der Waals surface area (Å²) in [6.07, 6.45) is 5.91. The Hall–Kier alpha value is -1.60. The first-order chi connectivity index (χ1) is 13.5. The summed E-state index contributed by atoms with van der Waals surface area (Å²) < 4.78 is 30.4. The van der Waals surface area contributed by atoms with E-state index in [4.69, 9.17) is 9.73 Å². The van der Waals surface area contributed by atoms with E-state index in [0.717, 1.165) is 32.7 Å². The van der Waals surface area contributed by atoms with Crippen molar-refractivity contribution in [2.24, 2.45) is 10.4 Å².